The molecule has 0 atom stereocenters. The molecule has 0 saturated carbocycles. The predicted molar refractivity (Wildman–Crippen MR) is 83.5 cm³/mol. The van der Waals surface area contributed by atoms with Crippen molar-refractivity contribution in [2.45, 2.75) is 12.7 Å². The largest absolute Gasteiger partial charge is 0.484 e. The molecule has 1 saturated heterocycles. The Kier molecular flexibility index (Phi) is 4.71. The van der Waals surface area contributed by atoms with E-state index in [1.165, 1.54) is 0 Å². The van der Waals surface area contributed by atoms with Gasteiger partial charge in [-0.15, -0.1) is 0 Å². The maximum atomic E-state index is 12.0. The Morgan fingerprint density at radius 2 is 1.64 bits per heavy atom. The quantitative estimate of drug-likeness (QED) is 0.822. The van der Waals surface area contributed by atoms with Crippen molar-refractivity contribution in [3.63, 3.8) is 0 Å². The highest BCUT2D eigenvalue weighted by Gasteiger charge is 2.31. The lowest BCUT2D eigenvalue weighted by Gasteiger charge is -2.38. The molecular weight excluding hydrogens is 278 g/mol. The zero-order valence-electron chi connectivity index (χ0n) is 12.4. The number of nitrogens with zero attached hydrogens (tertiary/aromatic N) is 1. The van der Waals surface area contributed by atoms with Crippen LogP contribution >= 0.6 is 0 Å². The lowest BCUT2D eigenvalue weighted by molar-refractivity contribution is -0.148. The van der Waals surface area contributed by atoms with Crippen molar-refractivity contribution >= 4 is 5.91 Å². The van der Waals surface area contributed by atoms with Crippen molar-refractivity contribution in [2.24, 2.45) is 0 Å². The number of likely N-dealkylation sites (tertiary alicyclic amines) is 1. The average Bonchev–Trinajstić information content (AvgIpc) is 2.53. The summed E-state index contributed by atoms with van der Waals surface area (Å²) in [6, 6.07) is 19.4. The third-order valence-corrected chi connectivity index (χ3v) is 3.63. The van der Waals surface area contributed by atoms with Crippen LogP contribution in [0, 0.1) is 0 Å². The number of ether oxygens (including phenoxy) is 2. The first-order valence-corrected chi connectivity index (χ1v) is 7.42. The molecule has 1 aliphatic heterocycles. The monoisotopic (exact) mass is 297 g/mol. The number of carbonyl (C=O) groups is 1. The maximum Gasteiger partial charge on any atom is 0.260 e. The summed E-state index contributed by atoms with van der Waals surface area (Å²) in [6.07, 6.45) is 0.126. The predicted octanol–water partition coefficient (Wildman–Crippen LogP) is 2.49. The first-order valence-electron chi connectivity index (χ1n) is 7.42. The van der Waals surface area contributed by atoms with E-state index in [0.29, 0.717) is 25.4 Å². The zero-order valence-corrected chi connectivity index (χ0v) is 12.4. The van der Waals surface area contributed by atoms with Gasteiger partial charge in [0.1, 0.15) is 5.75 Å². The Morgan fingerprint density at radius 3 is 2.32 bits per heavy atom. The summed E-state index contributed by atoms with van der Waals surface area (Å²) >= 11 is 0. The highest BCUT2D eigenvalue weighted by molar-refractivity contribution is 5.78. The molecule has 1 amide bonds. The van der Waals surface area contributed by atoms with Gasteiger partial charge in [-0.2, -0.15) is 0 Å². The van der Waals surface area contributed by atoms with E-state index in [0.717, 1.165) is 5.56 Å². The van der Waals surface area contributed by atoms with E-state index in [4.69, 9.17) is 9.47 Å². The molecule has 1 aliphatic rings. The van der Waals surface area contributed by atoms with E-state index in [9.17, 15) is 4.79 Å². The van der Waals surface area contributed by atoms with Gasteiger partial charge in [-0.3, -0.25) is 4.79 Å². The molecule has 0 aliphatic carbocycles. The first-order chi connectivity index (χ1) is 10.8. The molecule has 0 unspecified atom stereocenters. The minimum atomic E-state index is 0.00316. The molecule has 22 heavy (non-hydrogen) atoms. The summed E-state index contributed by atoms with van der Waals surface area (Å²) < 4.78 is 11.2. The fourth-order valence-corrected chi connectivity index (χ4v) is 2.29. The van der Waals surface area contributed by atoms with E-state index in [-0.39, 0.29) is 18.6 Å². The van der Waals surface area contributed by atoms with Crippen LogP contribution in [-0.2, 0) is 16.1 Å². The van der Waals surface area contributed by atoms with Crippen LogP contribution in [0.1, 0.15) is 5.56 Å². The van der Waals surface area contributed by atoms with E-state index < -0.39 is 0 Å². The molecule has 0 spiro atoms. The van der Waals surface area contributed by atoms with Crippen LogP contribution in [0.2, 0.25) is 0 Å². The molecule has 1 fully saturated rings. The summed E-state index contributed by atoms with van der Waals surface area (Å²) in [5, 5.41) is 0. The van der Waals surface area contributed by atoms with Gasteiger partial charge in [0.15, 0.2) is 6.61 Å². The Morgan fingerprint density at radius 1 is 1.00 bits per heavy atom. The van der Waals surface area contributed by atoms with Gasteiger partial charge < -0.3 is 14.4 Å². The van der Waals surface area contributed by atoms with Gasteiger partial charge in [0.05, 0.1) is 12.7 Å². The van der Waals surface area contributed by atoms with Crippen molar-refractivity contribution in [1.29, 1.82) is 0 Å². The third-order valence-electron chi connectivity index (χ3n) is 3.63. The van der Waals surface area contributed by atoms with Crippen LogP contribution in [0.15, 0.2) is 60.7 Å². The number of benzene rings is 2. The van der Waals surface area contributed by atoms with Gasteiger partial charge in [0, 0.05) is 13.1 Å². The smallest absolute Gasteiger partial charge is 0.260 e. The van der Waals surface area contributed by atoms with Gasteiger partial charge >= 0.3 is 0 Å². The zero-order chi connectivity index (χ0) is 15.2. The number of rotatable bonds is 6. The molecule has 1 heterocycles. The number of carbonyl (C=O) groups excluding carboxylic acids is 1. The minimum absolute atomic E-state index is 0.00316. The lowest BCUT2D eigenvalue weighted by atomic mass is 10.1. The van der Waals surface area contributed by atoms with E-state index >= 15 is 0 Å². The highest BCUT2D eigenvalue weighted by Crippen LogP contribution is 2.15. The van der Waals surface area contributed by atoms with Gasteiger partial charge in [-0.05, 0) is 17.7 Å². The highest BCUT2D eigenvalue weighted by atomic mass is 16.5. The lowest BCUT2D eigenvalue weighted by Crippen LogP contribution is -2.55. The summed E-state index contributed by atoms with van der Waals surface area (Å²) in [5.74, 6) is 0.719. The molecule has 2 aromatic carbocycles. The van der Waals surface area contributed by atoms with Crippen LogP contribution in [0.4, 0.5) is 0 Å². The standard InChI is InChI=1S/C18H19NO3/c20-18(14-22-16-9-5-2-6-10-16)19-11-17(12-19)21-13-15-7-3-1-4-8-15/h1-10,17H,11-14H2. The van der Waals surface area contributed by atoms with Gasteiger partial charge in [-0.25, -0.2) is 0 Å². The third kappa shape index (κ3) is 3.86. The van der Waals surface area contributed by atoms with Crippen molar-refractivity contribution in [3.05, 3.63) is 66.2 Å². The minimum Gasteiger partial charge on any atom is -0.484 e. The molecule has 2 aromatic rings. The number of hydrogen-bond acceptors (Lipinski definition) is 3. The summed E-state index contributed by atoms with van der Waals surface area (Å²) in [4.78, 5) is 13.7. The molecule has 4 heteroatoms. The van der Waals surface area contributed by atoms with E-state index in [1.54, 1.807) is 4.90 Å². The molecule has 3 rings (SSSR count). The SMILES string of the molecule is O=C(COc1ccccc1)N1CC(OCc2ccccc2)C1. The second-order valence-electron chi connectivity index (χ2n) is 5.32. The average molecular weight is 297 g/mol. The second-order valence-corrected chi connectivity index (χ2v) is 5.32. The Balaban J connectivity index is 1.35. The molecule has 0 N–H and O–H groups in total. The fourth-order valence-electron chi connectivity index (χ4n) is 2.29. The summed E-state index contributed by atoms with van der Waals surface area (Å²) in [5.41, 5.74) is 1.15. The normalized spacial score (nSPS) is 14.5. The topological polar surface area (TPSA) is 38.8 Å². The van der Waals surface area contributed by atoms with Crippen LogP contribution in [0.3, 0.4) is 0 Å². The first kappa shape index (κ1) is 14.6. The molecule has 0 bridgehead atoms. The van der Waals surface area contributed by atoms with E-state index in [1.807, 2.05) is 60.7 Å². The van der Waals surface area contributed by atoms with Crippen LogP contribution < -0.4 is 4.74 Å². The molecule has 4 nitrogen and oxygen atoms in total. The van der Waals surface area contributed by atoms with Gasteiger partial charge in [-0.1, -0.05) is 48.5 Å². The fraction of sp³-hybridized carbons (Fsp3) is 0.278. The molecular formula is C18H19NO3. The van der Waals surface area contributed by atoms with Gasteiger partial charge in [0.25, 0.3) is 5.91 Å². The maximum absolute atomic E-state index is 12.0. The van der Waals surface area contributed by atoms with E-state index in [2.05, 4.69) is 0 Å². The Bertz CT molecular complexity index is 594. The number of para-hydroxylation sites is 1. The summed E-state index contributed by atoms with van der Waals surface area (Å²) in [7, 11) is 0. The Hall–Kier alpha value is -2.33. The van der Waals surface area contributed by atoms with Crippen molar-refractivity contribution in [3.8, 4) is 5.75 Å². The second kappa shape index (κ2) is 7.09. The van der Waals surface area contributed by atoms with Crippen molar-refractivity contribution in [1.82, 2.24) is 4.90 Å². The summed E-state index contributed by atoms with van der Waals surface area (Å²) in [6.45, 7) is 1.96. The van der Waals surface area contributed by atoms with Crippen LogP contribution in [0.5, 0.6) is 5.75 Å². The molecule has 0 aromatic heterocycles. The number of amides is 1. The van der Waals surface area contributed by atoms with Crippen LogP contribution in [0.25, 0.3) is 0 Å². The van der Waals surface area contributed by atoms with Crippen molar-refractivity contribution < 1.29 is 14.3 Å². The molecule has 0 radical (unpaired) electrons. The van der Waals surface area contributed by atoms with Gasteiger partial charge in [0.2, 0.25) is 0 Å². The Labute approximate surface area is 130 Å². The molecule has 114 valence electrons. The van der Waals surface area contributed by atoms with Crippen LogP contribution in [-0.4, -0.2) is 36.6 Å². The number of hydrogen-bond donors (Lipinski definition) is 0. The van der Waals surface area contributed by atoms with Crippen molar-refractivity contribution in [2.75, 3.05) is 19.7 Å².